The maximum absolute atomic E-state index is 13.7. The van der Waals surface area contributed by atoms with Gasteiger partial charge in [-0.05, 0) is 53.4 Å². The largest absolute Gasteiger partial charge is 0.399 e. The first-order valence-corrected chi connectivity index (χ1v) is 10.4. The summed E-state index contributed by atoms with van der Waals surface area (Å²) in [6, 6.07) is 13.3. The Balaban J connectivity index is 1.80. The van der Waals surface area contributed by atoms with Crippen molar-refractivity contribution in [3.63, 3.8) is 0 Å². The van der Waals surface area contributed by atoms with Crippen LogP contribution in [0.4, 0.5) is 19.0 Å². The number of anilines is 1. The number of alkyl halides is 3. The van der Waals surface area contributed by atoms with Crippen LogP contribution in [0.15, 0.2) is 60.8 Å². The number of hydrogen-bond acceptors (Lipinski definition) is 2. The molecule has 162 valence electrons. The van der Waals surface area contributed by atoms with Gasteiger partial charge in [0.05, 0.1) is 16.0 Å². The van der Waals surface area contributed by atoms with Gasteiger partial charge < -0.3 is 5.32 Å². The number of aromatic nitrogens is 1. The Hall–Kier alpha value is -2.21. The second-order valence-electron chi connectivity index (χ2n) is 6.93. The summed E-state index contributed by atoms with van der Waals surface area (Å²) < 4.78 is 41.1. The molecule has 2 nitrogen and oxygen atoms in total. The Kier molecular flexibility index (Phi) is 7.52. The summed E-state index contributed by atoms with van der Waals surface area (Å²) in [7, 11) is 0. The predicted octanol–water partition coefficient (Wildman–Crippen LogP) is 8.32. The Morgan fingerprint density at radius 3 is 2.42 bits per heavy atom. The molecule has 1 unspecified atom stereocenters. The summed E-state index contributed by atoms with van der Waals surface area (Å²) in [5.41, 5.74) is 1.87. The molecule has 31 heavy (non-hydrogen) atoms. The summed E-state index contributed by atoms with van der Waals surface area (Å²) in [6.45, 7) is 2.06. The highest BCUT2D eigenvalue weighted by Crippen LogP contribution is 2.39. The number of rotatable bonds is 6. The van der Waals surface area contributed by atoms with Crippen LogP contribution in [0.3, 0.4) is 0 Å². The lowest BCUT2D eigenvalue weighted by molar-refractivity contribution is -0.139. The van der Waals surface area contributed by atoms with E-state index in [0.717, 1.165) is 11.6 Å². The standard InChI is InChI=1S/C23H18Cl3F3N2/c1-14-10-17(12-20(25)22(14)26)18(23(27,28)29)8-6-15-5-7-16(19(24)11-15)13-31-21-4-2-3-9-30-21/h2-12,18H,13H2,1H3,(H,30,31)/b8-6+. The van der Waals surface area contributed by atoms with Gasteiger partial charge in [0.2, 0.25) is 0 Å². The van der Waals surface area contributed by atoms with Gasteiger partial charge in [0.1, 0.15) is 5.82 Å². The van der Waals surface area contributed by atoms with E-state index in [9.17, 15) is 13.2 Å². The molecule has 1 heterocycles. The molecule has 3 rings (SSSR count). The van der Waals surface area contributed by atoms with Crippen LogP contribution >= 0.6 is 34.8 Å². The molecular formula is C23H18Cl3F3N2. The number of halogens is 6. The smallest absolute Gasteiger partial charge is 0.366 e. The van der Waals surface area contributed by atoms with E-state index >= 15 is 0 Å². The molecule has 8 heteroatoms. The average Bonchev–Trinajstić information content (AvgIpc) is 2.71. The minimum atomic E-state index is -4.49. The Morgan fingerprint density at radius 2 is 1.81 bits per heavy atom. The van der Waals surface area contributed by atoms with Gasteiger partial charge in [-0.25, -0.2) is 4.98 Å². The Labute approximate surface area is 193 Å². The van der Waals surface area contributed by atoms with Crippen molar-refractivity contribution >= 4 is 46.7 Å². The molecule has 0 saturated carbocycles. The first kappa shape index (κ1) is 23.5. The van der Waals surface area contributed by atoms with Crippen LogP contribution in [0.2, 0.25) is 15.1 Å². The zero-order valence-corrected chi connectivity index (χ0v) is 18.6. The van der Waals surface area contributed by atoms with Crippen molar-refractivity contribution in [2.75, 3.05) is 5.32 Å². The molecule has 0 bridgehead atoms. The van der Waals surface area contributed by atoms with Gasteiger partial charge in [-0.2, -0.15) is 13.2 Å². The molecule has 0 saturated heterocycles. The minimum absolute atomic E-state index is 0.0259. The van der Waals surface area contributed by atoms with Crippen LogP contribution < -0.4 is 5.32 Å². The lowest BCUT2D eigenvalue weighted by Gasteiger charge is -2.19. The van der Waals surface area contributed by atoms with Crippen molar-refractivity contribution in [3.8, 4) is 0 Å². The fraction of sp³-hybridized carbons (Fsp3) is 0.174. The number of nitrogens with one attached hydrogen (secondary N) is 1. The molecule has 1 aromatic heterocycles. The molecule has 0 fully saturated rings. The summed E-state index contributed by atoms with van der Waals surface area (Å²) >= 11 is 18.3. The van der Waals surface area contributed by atoms with Gasteiger partial charge in [0.25, 0.3) is 0 Å². The molecule has 2 aromatic carbocycles. The van der Waals surface area contributed by atoms with Gasteiger partial charge >= 0.3 is 6.18 Å². The van der Waals surface area contributed by atoms with Crippen LogP contribution in [0.5, 0.6) is 0 Å². The first-order chi connectivity index (χ1) is 14.6. The molecule has 0 radical (unpaired) electrons. The molecule has 1 N–H and O–H groups in total. The van der Waals surface area contributed by atoms with Crippen molar-refractivity contribution in [1.82, 2.24) is 4.98 Å². The molecular weight excluding hydrogens is 468 g/mol. The lowest BCUT2D eigenvalue weighted by Crippen LogP contribution is -2.19. The van der Waals surface area contributed by atoms with E-state index in [4.69, 9.17) is 34.8 Å². The van der Waals surface area contributed by atoms with Crippen molar-refractivity contribution < 1.29 is 13.2 Å². The third kappa shape index (κ3) is 6.16. The fourth-order valence-electron chi connectivity index (χ4n) is 3.01. The van der Waals surface area contributed by atoms with Crippen LogP contribution in [-0.2, 0) is 6.54 Å². The molecule has 3 aromatic rings. The third-order valence-electron chi connectivity index (χ3n) is 4.63. The summed E-state index contributed by atoms with van der Waals surface area (Å²) in [4.78, 5) is 4.17. The summed E-state index contributed by atoms with van der Waals surface area (Å²) in [5, 5.41) is 3.92. The number of allylic oxidation sites excluding steroid dienone is 1. The van der Waals surface area contributed by atoms with E-state index in [1.807, 2.05) is 18.2 Å². The van der Waals surface area contributed by atoms with Gasteiger partial charge in [0, 0.05) is 17.8 Å². The molecule has 0 spiro atoms. The van der Waals surface area contributed by atoms with E-state index in [2.05, 4.69) is 10.3 Å². The highest BCUT2D eigenvalue weighted by Gasteiger charge is 2.39. The van der Waals surface area contributed by atoms with Gasteiger partial charge in [0.15, 0.2) is 0 Å². The molecule has 0 aliphatic rings. The summed E-state index contributed by atoms with van der Waals surface area (Å²) in [5.74, 6) is -1.13. The van der Waals surface area contributed by atoms with Crippen LogP contribution in [0.1, 0.15) is 28.2 Å². The van der Waals surface area contributed by atoms with E-state index < -0.39 is 12.1 Å². The highest BCUT2D eigenvalue weighted by molar-refractivity contribution is 6.42. The predicted molar refractivity (Wildman–Crippen MR) is 122 cm³/mol. The maximum Gasteiger partial charge on any atom is 0.399 e. The van der Waals surface area contributed by atoms with E-state index in [0.29, 0.717) is 28.5 Å². The number of aryl methyl sites for hydroxylation is 1. The second-order valence-corrected chi connectivity index (χ2v) is 8.12. The maximum atomic E-state index is 13.7. The van der Waals surface area contributed by atoms with E-state index in [1.54, 1.807) is 31.3 Å². The van der Waals surface area contributed by atoms with Crippen molar-refractivity contribution in [2.24, 2.45) is 0 Å². The van der Waals surface area contributed by atoms with Gasteiger partial charge in [-0.3, -0.25) is 0 Å². The van der Waals surface area contributed by atoms with E-state index in [1.165, 1.54) is 18.2 Å². The minimum Gasteiger partial charge on any atom is -0.366 e. The second kappa shape index (κ2) is 9.94. The summed E-state index contributed by atoms with van der Waals surface area (Å²) in [6.07, 6.45) is -0.324. The molecule has 0 amide bonds. The van der Waals surface area contributed by atoms with Crippen LogP contribution in [0.25, 0.3) is 6.08 Å². The number of nitrogens with zero attached hydrogens (tertiary/aromatic N) is 1. The van der Waals surface area contributed by atoms with Crippen molar-refractivity contribution in [3.05, 3.63) is 98.1 Å². The quantitative estimate of drug-likeness (QED) is 0.380. The fourth-order valence-corrected chi connectivity index (χ4v) is 3.65. The zero-order valence-electron chi connectivity index (χ0n) is 16.4. The van der Waals surface area contributed by atoms with Crippen LogP contribution in [-0.4, -0.2) is 11.2 Å². The lowest BCUT2D eigenvalue weighted by atomic mass is 9.95. The molecule has 0 aliphatic carbocycles. The normalized spacial score (nSPS) is 12.9. The van der Waals surface area contributed by atoms with Crippen molar-refractivity contribution in [1.29, 1.82) is 0 Å². The Bertz CT molecular complexity index is 1060. The molecule has 0 aliphatic heterocycles. The topological polar surface area (TPSA) is 24.9 Å². The van der Waals surface area contributed by atoms with E-state index in [-0.39, 0.29) is 15.6 Å². The number of pyridine rings is 1. The Morgan fingerprint density at radius 1 is 1.03 bits per heavy atom. The van der Waals surface area contributed by atoms with Crippen molar-refractivity contribution in [2.45, 2.75) is 25.6 Å². The first-order valence-electron chi connectivity index (χ1n) is 9.29. The monoisotopic (exact) mass is 484 g/mol. The highest BCUT2D eigenvalue weighted by atomic mass is 35.5. The number of benzene rings is 2. The SMILES string of the molecule is Cc1cc(C(/C=C/c2ccc(CNc3ccccn3)c(Cl)c2)C(F)(F)F)cc(Cl)c1Cl. The van der Waals surface area contributed by atoms with Crippen LogP contribution in [0, 0.1) is 6.92 Å². The van der Waals surface area contributed by atoms with Gasteiger partial charge in [-0.15, -0.1) is 0 Å². The third-order valence-corrected chi connectivity index (χ3v) is 5.88. The zero-order chi connectivity index (χ0) is 22.6. The van der Waals surface area contributed by atoms with Gasteiger partial charge in [-0.1, -0.05) is 71.2 Å². The number of hydrogen-bond donors (Lipinski definition) is 1. The molecule has 1 atom stereocenters. The average molecular weight is 486 g/mol.